The summed E-state index contributed by atoms with van der Waals surface area (Å²) in [5.41, 5.74) is 0.413. The van der Waals surface area contributed by atoms with Gasteiger partial charge in [-0.1, -0.05) is 0 Å². The maximum Gasteiger partial charge on any atom is 0.276 e. The van der Waals surface area contributed by atoms with E-state index in [-0.39, 0.29) is 11.7 Å². The summed E-state index contributed by atoms with van der Waals surface area (Å²) in [5.74, 6) is 0. The van der Waals surface area contributed by atoms with Gasteiger partial charge in [0.2, 0.25) is 0 Å². The van der Waals surface area contributed by atoms with Crippen molar-refractivity contribution in [3.63, 3.8) is 0 Å². The van der Waals surface area contributed by atoms with Gasteiger partial charge in [-0.05, 0) is 13.8 Å². The van der Waals surface area contributed by atoms with E-state index in [0.717, 1.165) is 0 Å². The largest absolute Gasteiger partial charge is 0.382 e. The Balaban J connectivity index is 3.06. The number of nitrogens with two attached hydrogens (primary N) is 1. The zero-order valence-corrected chi connectivity index (χ0v) is 7.60. The fraction of sp³-hybridized carbons (Fsp3) is 0.500. The molecule has 0 fully saturated rings. The second kappa shape index (κ2) is 3.68. The molecule has 5 nitrogen and oxygen atoms in total. The molecule has 0 aromatic rings. The highest BCUT2D eigenvalue weighted by atomic mass is 16.6. The zero-order valence-electron chi connectivity index (χ0n) is 7.60. The second-order valence-electron chi connectivity index (χ2n) is 3.18. The van der Waals surface area contributed by atoms with Crippen molar-refractivity contribution in [2.75, 3.05) is 0 Å². The van der Waals surface area contributed by atoms with E-state index in [1.54, 1.807) is 18.4 Å². The Labute approximate surface area is 75.9 Å². The average Bonchev–Trinajstić information content (AvgIpc) is 2.18. The number of rotatable bonds is 1. The predicted octanol–water partition coefficient (Wildman–Crippen LogP) is -0.623. The molecule has 0 saturated heterocycles. The molecule has 13 heavy (non-hydrogen) atoms. The number of nitrogens with zero attached hydrogens (tertiary/aromatic N) is 1. The first kappa shape index (κ1) is 9.88. The van der Waals surface area contributed by atoms with Crippen LogP contribution in [0.1, 0.15) is 13.8 Å². The molecule has 0 bridgehead atoms. The third-order valence-electron chi connectivity index (χ3n) is 2.21. The standard InChI is InChI=1S/C8H12N2O3/c1-5-7(10(12)13)3-4-9-6(2)8(5)11/h3-4,6,8-9,11H,1-2H3/p+1. The lowest BCUT2D eigenvalue weighted by molar-refractivity contribution is -0.629. The average molecular weight is 185 g/mol. The van der Waals surface area contributed by atoms with Crippen LogP contribution in [-0.4, -0.2) is 22.2 Å². The van der Waals surface area contributed by atoms with E-state index in [1.165, 1.54) is 6.08 Å². The first-order chi connectivity index (χ1) is 6.04. The number of hydrogen-bond acceptors (Lipinski definition) is 3. The summed E-state index contributed by atoms with van der Waals surface area (Å²) >= 11 is 0. The van der Waals surface area contributed by atoms with Crippen LogP contribution in [0.5, 0.6) is 0 Å². The minimum absolute atomic E-state index is 0.00639. The molecule has 0 aromatic heterocycles. The molecule has 0 spiro atoms. The summed E-state index contributed by atoms with van der Waals surface area (Å²) in [6.45, 7) is 3.41. The van der Waals surface area contributed by atoms with Gasteiger partial charge in [0.15, 0.2) is 0 Å². The molecule has 0 aliphatic carbocycles. The number of aliphatic hydroxyl groups excluding tert-OH is 1. The Morgan fingerprint density at radius 1 is 1.69 bits per heavy atom. The molecule has 1 rings (SSSR count). The van der Waals surface area contributed by atoms with Gasteiger partial charge >= 0.3 is 0 Å². The van der Waals surface area contributed by atoms with Crippen LogP contribution in [0.2, 0.25) is 0 Å². The molecule has 1 heterocycles. The lowest BCUT2D eigenvalue weighted by Gasteiger charge is -2.13. The van der Waals surface area contributed by atoms with Crippen molar-refractivity contribution >= 4 is 0 Å². The molecular formula is C8H13N2O3+. The van der Waals surface area contributed by atoms with Gasteiger partial charge in [0.25, 0.3) is 5.70 Å². The van der Waals surface area contributed by atoms with Crippen molar-refractivity contribution in [1.29, 1.82) is 0 Å². The van der Waals surface area contributed by atoms with Gasteiger partial charge in [0, 0.05) is 5.57 Å². The van der Waals surface area contributed by atoms with Crippen LogP contribution in [0.15, 0.2) is 23.5 Å². The number of aliphatic hydroxyl groups is 1. The highest BCUT2D eigenvalue weighted by molar-refractivity contribution is 5.21. The first-order valence-electron chi connectivity index (χ1n) is 4.08. The van der Waals surface area contributed by atoms with Gasteiger partial charge in [-0.25, -0.2) is 0 Å². The highest BCUT2D eigenvalue weighted by Gasteiger charge is 2.27. The smallest absolute Gasteiger partial charge is 0.276 e. The van der Waals surface area contributed by atoms with Gasteiger partial charge < -0.3 is 10.4 Å². The Kier molecular flexibility index (Phi) is 2.79. The predicted molar refractivity (Wildman–Crippen MR) is 46.2 cm³/mol. The molecule has 3 N–H and O–H groups in total. The van der Waals surface area contributed by atoms with Gasteiger partial charge in [-0.15, -0.1) is 0 Å². The van der Waals surface area contributed by atoms with Crippen LogP contribution in [0.3, 0.4) is 0 Å². The summed E-state index contributed by atoms with van der Waals surface area (Å²) in [5, 5.41) is 21.9. The topological polar surface area (TPSA) is 80.0 Å². The van der Waals surface area contributed by atoms with Crippen LogP contribution < -0.4 is 5.32 Å². The van der Waals surface area contributed by atoms with Crippen LogP contribution in [0, 0.1) is 10.1 Å². The number of quaternary nitrogens is 1. The second-order valence-corrected chi connectivity index (χ2v) is 3.18. The Bertz CT molecular complexity index is 283. The fourth-order valence-electron chi connectivity index (χ4n) is 1.31. The van der Waals surface area contributed by atoms with Crippen LogP contribution in [0.25, 0.3) is 0 Å². The molecule has 0 amide bonds. The van der Waals surface area contributed by atoms with E-state index in [1.807, 2.05) is 6.92 Å². The molecule has 1 aliphatic rings. The monoisotopic (exact) mass is 185 g/mol. The third kappa shape index (κ3) is 1.93. The van der Waals surface area contributed by atoms with Crippen molar-refractivity contribution in [1.82, 2.24) is 0 Å². The molecule has 0 aromatic carbocycles. The third-order valence-corrected chi connectivity index (χ3v) is 2.21. The maximum absolute atomic E-state index is 10.5. The van der Waals surface area contributed by atoms with Crippen molar-refractivity contribution in [2.24, 2.45) is 0 Å². The van der Waals surface area contributed by atoms with E-state index < -0.39 is 11.0 Å². The molecule has 5 heteroatoms. The minimum atomic E-state index is -0.754. The van der Waals surface area contributed by atoms with E-state index >= 15 is 0 Å². The summed E-state index contributed by atoms with van der Waals surface area (Å²) in [7, 11) is 0. The Morgan fingerprint density at radius 2 is 2.31 bits per heavy atom. The summed E-state index contributed by atoms with van der Waals surface area (Å²) in [4.78, 5) is 10.1. The molecule has 2 atom stereocenters. The van der Waals surface area contributed by atoms with Crippen molar-refractivity contribution in [3.05, 3.63) is 33.7 Å². The van der Waals surface area contributed by atoms with Crippen LogP contribution >= 0.6 is 0 Å². The summed E-state index contributed by atoms with van der Waals surface area (Å²) in [6, 6.07) is -0.0753. The Morgan fingerprint density at radius 3 is 2.85 bits per heavy atom. The maximum atomic E-state index is 10.5. The summed E-state index contributed by atoms with van der Waals surface area (Å²) < 4.78 is 0. The van der Waals surface area contributed by atoms with Crippen LogP contribution in [0.4, 0.5) is 0 Å². The van der Waals surface area contributed by atoms with Gasteiger partial charge in [-0.2, -0.15) is 0 Å². The van der Waals surface area contributed by atoms with E-state index in [4.69, 9.17) is 0 Å². The van der Waals surface area contributed by atoms with Gasteiger partial charge in [0.1, 0.15) is 12.1 Å². The minimum Gasteiger partial charge on any atom is -0.382 e. The van der Waals surface area contributed by atoms with Crippen molar-refractivity contribution < 1.29 is 15.3 Å². The molecule has 72 valence electrons. The normalized spacial score (nSPS) is 28.8. The SMILES string of the molecule is CC1=C([N+](=O)[O-])C=C[NH2+]C(C)C1O. The molecule has 0 saturated carbocycles. The quantitative estimate of drug-likeness (QED) is 0.422. The fourth-order valence-corrected chi connectivity index (χ4v) is 1.31. The highest BCUT2D eigenvalue weighted by Crippen LogP contribution is 2.13. The molecular weight excluding hydrogens is 172 g/mol. The van der Waals surface area contributed by atoms with Crippen molar-refractivity contribution in [2.45, 2.75) is 26.0 Å². The Hall–Kier alpha value is -1.20. The molecule has 1 aliphatic heterocycles. The lowest BCUT2D eigenvalue weighted by atomic mass is 10.0. The van der Waals surface area contributed by atoms with E-state index in [0.29, 0.717) is 5.57 Å². The molecule has 0 radical (unpaired) electrons. The van der Waals surface area contributed by atoms with E-state index in [2.05, 4.69) is 0 Å². The van der Waals surface area contributed by atoms with E-state index in [9.17, 15) is 15.2 Å². The summed E-state index contributed by atoms with van der Waals surface area (Å²) in [6.07, 6.45) is 2.28. The van der Waals surface area contributed by atoms with Gasteiger partial charge in [0.05, 0.1) is 17.2 Å². The van der Waals surface area contributed by atoms with Gasteiger partial charge in [-0.3, -0.25) is 10.1 Å². The number of hydrogen-bond donors (Lipinski definition) is 2. The molecule has 2 unspecified atom stereocenters. The van der Waals surface area contributed by atoms with Crippen molar-refractivity contribution in [3.8, 4) is 0 Å². The lowest BCUT2D eigenvalue weighted by Crippen LogP contribution is -2.86. The number of allylic oxidation sites excluding steroid dienone is 1. The first-order valence-corrected chi connectivity index (χ1v) is 4.08. The zero-order chi connectivity index (χ0) is 10.0. The van der Waals surface area contributed by atoms with Crippen LogP contribution in [-0.2, 0) is 0 Å². The number of nitro groups is 1.